The largest absolute Gasteiger partial charge is 0.479 e. The van der Waals surface area contributed by atoms with E-state index in [1.807, 2.05) is 0 Å². The number of hydrogen-bond donors (Lipinski definition) is 3. The van der Waals surface area contributed by atoms with Crippen molar-refractivity contribution < 1.29 is 24.5 Å². The molecule has 4 aliphatic rings. The van der Waals surface area contributed by atoms with Gasteiger partial charge in [0.05, 0.1) is 12.7 Å². The third-order valence-corrected chi connectivity index (χ3v) is 9.84. The molecule has 1 heterocycles. The number of amides is 1. The molecule has 35 heavy (non-hydrogen) atoms. The molecule has 0 spiro atoms. The Morgan fingerprint density at radius 1 is 0.857 bits per heavy atom. The number of carbonyl (C=O) groups is 2. The summed E-state index contributed by atoms with van der Waals surface area (Å²) < 4.78 is 6.04. The molecular formula is C28H48N2O5. The fourth-order valence-electron chi connectivity index (χ4n) is 7.52. The maximum Gasteiger partial charge on any atom is 0.338 e. The highest BCUT2D eigenvalue weighted by molar-refractivity contribution is 5.79. The second-order valence-corrected chi connectivity index (χ2v) is 12.1. The molecule has 1 amide bonds. The number of aliphatic hydroxyl groups is 1. The molecule has 4 fully saturated rings. The molecule has 0 aromatic rings. The van der Waals surface area contributed by atoms with Crippen molar-refractivity contribution in [3.63, 3.8) is 0 Å². The highest BCUT2D eigenvalue weighted by Gasteiger charge is 2.45. The molecule has 200 valence electrons. The molecule has 4 N–H and O–H groups in total. The summed E-state index contributed by atoms with van der Waals surface area (Å²) in [5, 5.41) is 20.8. The van der Waals surface area contributed by atoms with Gasteiger partial charge >= 0.3 is 5.97 Å². The normalized spacial score (nSPS) is 33.3. The van der Waals surface area contributed by atoms with Crippen LogP contribution in [-0.4, -0.2) is 64.9 Å². The van der Waals surface area contributed by atoms with Crippen molar-refractivity contribution in [2.24, 2.45) is 35.3 Å². The van der Waals surface area contributed by atoms with E-state index in [9.17, 15) is 19.8 Å². The number of piperidine rings is 1. The maximum atomic E-state index is 13.3. The minimum absolute atomic E-state index is 0.0470. The summed E-state index contributed by atoms with van der Waals surface area (Å²) >= 11 is 0. The third kappa shape index (κ3) is 6.58. The first-order chi connectivity index (χ1) is 16.9. The van der Waals surface area contributed by atoms with Crippen LogP contribution in [0.4, 0.5) is 0 Å². The zero-order chi connectivity index (χ0) is 24.8. The molecule has 1 saturated heterocycles. The van der Waals surface area contributed by atoms with Crippen molar-refractivity contribution in [2.45, 2.75) is 108 Å². The Morgan fingerprint density at radius 3 is 2.26 bits per heavy atom. The van der Waals surface area contributed by atoms with Crippen molar-refractivity contribution in [3.8, 4) is 0 Å². The van der Waals surface area contributed by atoms with Gasteiger partial charge in [-0.3, -0.25) is 4.79 Å². The Labute approximate surface area is 211 Å². The molecular weight excluding hydrogens is 444 g/mol. The number of nitrogens with zero attached hydrogens (tertiary/aromatic N) is 1. The van der Waals surface area contributed by atoms with Crippen molar-refractivity contribution in [1.82, 2.24) is 4.90 Å². The minimum Gasteiger partial charge on any atom is -0.479 e. The van der Waals surface area contributed by atoms with E-state index in [2.05, 4.69) is 4.90 Å². The lowest BCUT2D eigenvalue weighted by Crippen LogP contribution is -2.51. The lowest BCUT2D eigenvalue weighted by atomic mass is 9.72. The Balaban J connectivity index is 1.25. The van der Waals surface area contributed by atoms with Crippen LogP contribution in [0.2, 0.25) is 0 Å². The predicted octanol–water partition coefficient (Wildman–Crippen LogP) is 3.96. The molecule has 0 aromatic heterocycles. The lowest BCUT2D eigenvalue weighted by molar-refractivity contribution is -0.181. The van der Waals surface area contributed by atoms with Gasteiger partial charge in [-0.2, -0.15) is 0 Å². The van der Waals surface area contributed by atoms with Gasteiger partial charge in [0.1, 0.15) is 0 Å². The predicted molar refractivity (Wildman–Crippen MR) is 135 cm³/mol. The maximum absolute atomic E-state index is 13.3. The highest BCUT2D eigenvalue weighted by atomic mass is 16.5. The molecule has 5 unspecified atom stereocenters. The van der Waals surface area contributed by atoms with E-state index in [1.54, 1.807) is 0 Å². The van der Waals surface area contributed by atoms with Crippen LogP contribution in [0.25, 0.3) is 0 Å². The molecule has 7 heteroatoms. The summed E-state index contributed by atoms with van der Waals surface area (Å²) in [6.07, 6.45) is 15.0. The van der Waals surface area contributed by atoms with Gasteiger partial charge < -0.3 is 25.6 Å². The zero-order valence-electron chi connectivity index (χ0n) is 21.5. The van der Waals surface area contributed by atoms with E-state index in [4.69, 9.17) is 10.5 Å². The number of aliphatic carboxylic acids is 1. The van der Waals surface area contributed by atoms with Gasteiger partial charge in [-0.1, -0.05) is 38.5 Å². The number of hydrogen-bond acceptors (Lipinski definition) is 5. The number of carboxylic acid groups (broad SMARTS) is 1. The van der Waals surface area contributed by atoms with E-state index in [-0.39, 0.29) is 30.5 Å². The average molecular weight is 493 g/mol. The van der Waals surface area contributed by atoms with Gasteiger partial charge in [-0.15, -0.1) is 0 Å². The zero-order valence-corrected chi connectivity index (χ0v) is 21.5. The Hall–Kier alpha value is -1.18. The van der Waals surface area contributed by atoms with E-state index in [0.29, 0.717) is 12.3 Å². The number of nitrogens with two attached hydrogens (primary N) is 1. The number of carbonyl (C=O) groups excluding carboxylic acids is 1. The summed E-state index contributed by atoms with van der Waals surface area (Å²) in [6.45, 7) is 2.35. The molecule has 5 atom stereocenters. The van der Waals surface area contributed by atoms with Crippen LogP contribution in [0.1, 0.15) is 96.3 Å². The summed E-state index contributed by atoms with van der Waals surface area (Å²) in [5.41, 5.74) is 4.12. The first-order valence-corrected chi connectivity index (χ1v) is 14.5. The van der Waals surface area contributed by atoms with E-state index in [0.717, 1.165) is 95.7 Å². The molecule has 3 aliphatic carbocycles. The van der Waals surface area contributed by atoms with Gasteiger partial charge in [-0.25, -0.2) is 4.79 Å². The number of ether oxygens (including phenoxy) is 1. The average Bonchev–Trinajstić information content (AvgIpc) is 2.92. The molecule has 4 rings (SSSR count). The SMILES string of the molecule is NCC1CCCC(C2CCN(C(=O)C3CCCC(OCC(O)(C(=O)O)C4CCCCC4)C3)CC2)C1. The third-order valence-electron chi connectivity index (χ3n) is 9.84. The summed E-state index contributed by atoms with van der Waals surface area (Å²) in [5.74, 6) is 0.968. The lowest BCUT2D eigenvalue weighted by Gasteiger charge is -2.41. The number of rotatable bonds is 8. The van der Waals surface area contributed by atoms with Crippen molar-refractivity contribution in [1.29, 1.82) is 0 Å². The van der Waals surface area contributed by atoms with Gasteiger partial charge in [0.2, 0.25) is 5.91 Å². The molecule has 3 saturated carbocycles. The van der Waals surface area contributed by atoms with Crippen molar-refractivity contribution in [2.75, 3.05) is 26.2 Å². The van der Waals surface area contributed by atoms with Crippen LogP contribution in [0.5, 0.6) is 0 Å². The highest BCUT2D eigenvalue weighted by Crippen LogP contribution is 2.39. The van der Waals surface area contributed by atoms with Crippen LogP contribution >= 0.6 is 0 Å². The second-order valence-electron chi connectivity index (χ2n) is 12.1. The molecule has 0 radical (unpaired) electrons. The van der Waals surface area contributed by atoms with Crippen LogP contribution in [0.15, 0.2) is 0 Å². The van der Waals surface area contributed by atoms with Crippen LogP contribution in [0.3, 0.4) is 0 Å². The first kappa shape index (κ1) is 26.9. The minimum atomic E-state index is -1.82. The van der Waals surface area contributed by atoms with Crippen LogP contribution in [0, 0.1) is 29.6 Å². The number of likely N-dealkylation sites (tertiary alicyclic amines) is 1. The Morgan fingerprint density at radius 2 is 1.57 bits per heavy atom. The van der Waals surface area contributed by atoms with Crippen LogP contribution < -0.4 is 5.73 Å². The summed E-state index contributed by atoms with van der Waals surface area (Å²) in [4.78, 5) is 27.4. The van der Waals surface area contributed by atoms with Gasteiger partial charge in [0, 0.05) is 24.9 Å². The fourth-order valence-corrected chi connectivity index (χ4v) is 7.52. The van der Waals surface area contributed by atoms with Crippen molar-refractivity contribution >= 4 is 11.9 Å². The summed E-state index contributed by atoms with van der Waals surface area (Å²) in [7, 11) is 0. The van der Waals surface area contributed by atoms with Crippen molar-refractivity contribution in [3.05, 3.63) is 0 Å². The van der Waals surface area contributed by atoms with Gasteiger partial charge in [-0.05, 0) is 82.1 Å². The molecule has 0 bridgehead atoms. The fraction of sp³-hybridized carbons (Fsp3) is 0.929. The Bertz CT molecular complexity index is 703. The molecule has 0 aromatic carbocycles. The first-order valence-electron chi connectivity index (χ1n) is 14.5. The van der Waals surface area contributed by atoms with Crippen LogP contribution in [-0.2, 0) is 14.3 Å². The summed E-state index contributed by atoms with van der Waals surface area (Å²) in [6, 6.07) is 0. The monoisotopic (exact) mass is 492 g/mol. The van der Waals surface area contributed by atoms with E-state index < -0.39 is 11.6 Å². The second kappa shape index (κ2) is 12.4. The topological polar surface area (TPSA) is 113 Å². The molecule has 7 nitrogen and oxygen atoms in total. The van der Waals surface area contributed by atoms with Gasteiger partial charge in [0.25, 0.3) is 0 Å². The smallest absolute Gasteiger partial charge is 0.338 e. The van der Waals surface area contributed by atoms with Gasteiger partial charge in [0.15, 0.2) is 5.60 Å². The quantitative estimate of drug-likeness (QED) is 0.473. The molecule has 1 aliphatic heterocycles. The van der Waals surface area contributed by atoms with E-state index in [1.165, 1.54) is 25.7 Å². The standard InChI is InChI=1S/C28H48N2O5/c29-18-20-6-4-7-22(16-20)21-12-14-30(15-13-21)26(31)23-8-5-11-25(17-23)35-19-28(34,27(32)33)24-9-2-1-3-10-24/h20-25,34H,1-19,29H2,(H,32,33). The van der Waals surface area contributed by atoms with E-state index >= 15 is 0 Å². The number of carboxylic acids is 1. The Kier molecular flexibility index (Phi) is 9.50.